The topological polar surface area (TPSA) is 69.4 Å². The van der Waals surface area contributed by atoms with E-state index in [1.807, 2.05) is 6.07 Å². The third-order valence-electron chi connectivity index (χ3n) is 5.89. The Morgan fingerprint density at radius 2 is 2.00 bits per heavy atom. The molecule has 7 nitrogen and oxygen atoms in total. The maximum atomic E-state index is 13.6. The van der Waals surface area contributed by atoms with E-state index < -0.39 is 0 Å². The molecular weight excluding hydrogens is 475 g/mol. The summed E-state index contributed by atoms with van der Waals surface area (Å²) in [6.07, 6.45) is 5.28. The number of carbonyl (C=O) groups is 1. The predicted molar refractivity (Wildman–Crippen MR) is 132 cm³/mol. The van der Waals surface area contributed by atoms with Gasteiger partial charge in [0.2, 0.25) is 5.91 Å². The van der Waals surface area contributed by atoms with Crippen molar-refractivity contribution >= 4 is 40.1 Å². The SMILES string of the molecule is C=CC(=O)N1CCC(n2c(=O)n(-c3ccc(Oc4cccc(Cl)c4)c(Cl)c3)c3cnccc32)C1. The number of nitrogens with zero attached hydrogens (tertiary/aromatic N) is 4. The van der Waals surface area contributed by atoms with Gasteiger partial charge in [0, 0.05) is 24.3 Å². The van der Waals surface area contributed by atoms with Crippen LogP contribution in [0.1, 0.15) is 12.5 Å². The van der Waals surface area contributed by atoms with E-state index in [-0.39, 0.29) is 17.6 Å². The second-order valence-electron chi connectivity index (χ2n) is 7.96. The Kier molecular flexibility index (Phi) is 5.89. The molecular formula is C25H20Cl2N4O3. The summed E-state index contributed by atoms with van der Waals surface area (Å²) in [5.74, 6) is 0.861. The number of likely N-dealkylation sites (tertiary alicyclic amines) is 1. The number of ether oxygens (including phenoxy) is 1. The maximum Gasteiger partial charge on any atom is 0.334 e. The van der Waals surface area contributed by atoms with E-state index in [1.165, 1.54) is 6.08 Å². The molecule has 0 spiro atoms. The molecule has 0 saturated carbocycles. The summed E-state index contributed by atoms with van der Waals surface area (Å²) < 4.78 is 9.18. The molecule has 34 heavy (non-hydrogen) atoms. The number of halogens is 2. The highest BCUT2D eigenvalue weighted by Crippen LogP contribution is 2.33. The quantitative estimate of drug-likeness (QED) is 0.355. The van der Waals surface area contributed by atoms with Gasteiger partial charge in [-0.1, -0.05) is 35.8 Å². The summed E-state index contributed by atoms with van der Waals surface area (Å²) in [5.41, 5.74) is 1.76. The fourth-order valence-electron chi connectivity index (χ4n) is 4.32. The number of rotatable bonds is 5. The normalized spacial score (nSPS) is 15.6. The van der Waals surface area contributed by atoms with E-state index in [0.717, 1.165) is 5.52 Å². The van der Waals surface area contributed by atoms with Gasteiger partial charge in [-0.15, -0.1) is 0 Å². The number of pyridine rings is 1. The average molecular weight is 495 g/mol. The van der Waals surface area contributed by atoms with Crippen molar-refractivity contribution in [2.45, 2.75) is 12.5 Å². The van der Waals surface area contributed by atoms with Crippen LogP contribution < -0.4 is 10.4 Å². The Morgan fingerprint density at radius 1 is 1.15 bits per heavy atom. The third kappa shape index (κ3) is 3.97. The van der Waals surface area contributed by atoms with E-state index in [4.69, 9.17) is 27.9 Å². The molecule has 4 aromatic rings. The molecule has 1 atom stereocenters. The van der Waals surface area contributed by atoms with Gasteiger partial charge in [0.1, 0.15) is 11.5 Å². The number of carbonyl (C=O) groups excluding carboxylic acids is 1. The molecule has 2 aromatic carbocycles. The fourth-order valence-corrected chi connectivity index (χ4v) is 4.72. The number of hydrogen-bond acceptors (Lipinski definition) is 4. The standard InChI is InChI=1S/C25H20Cl2N4O3/c1-2-24(32)29-11-9-18(15-29)31-21-8-10-28-14-22(21)30(25(31)33)17-6-7-23(20(27)13-17)34-19-5-3-4-16(26)12-19/h2-8,10,12-14,18H,1,9,11,15H2. The molecule has 0 bridgehead atoms. The minimum absolute atomic E-state index is 0.136. The molecule has 5 rings (SSSR count). The summed E-state index contributed by atoms with van der Waals surface area (Å²) in [5, 5.41) is 0.898. The van der Waals surface area contributed by atoms with Gasteiger partial charge in [0.15, 0.2) is 0 Å². The summed E-state index contributed by atoms with van der Waals surface area (Å²) >= 11 is 12.6. The highest BCUT2D eigenvalue weighted by molar-refractivity contribution is 6.32. The van der Waals surface area contributed by atoms with E-state index in [9.17, 15) is 9.59 Å². The molecule has 0 N–H and O–H groups in total. The summed E-state index contributed by atoms with van der Waals surface area (Å²) in [6.45, 7) is 4.57. The van der Waals surface area contributed by atoms with Gasteiger partial charge < -0.3 is 9.64 Å². The van der Waals surface area contributed by atoms with E-state index >= 15 is 0 Å². The highest BCUT2D eigenvalue weighted by Gasteiger charge is 2.30. The van der Waals surface area contributed by atoms with Gasteiger partial charge in [-0.25, -0.2) is 4.79 Å². The lowest BCUT2D eigenvalue weighted by atomic mass is 10.2. The molecule has 172 valence electrons. The fraction of sp³-hybridized carbons (Fsp3) is 0.160. The van der Waals surface area contributed by atoms with Crippen molar-refractivity contribution in [3.05, 3.63) is 94.1 Å². The van der Waals surface area contributed by atoms with Crippen LogP contribution in [0.2, 0.25) is 10.0 Å². The number of imidazole rings is 1. The van der Waals surface area contributed by atoms with Crippen molar-refractivity contribution in [2.24, 2.45) is 0 Å². The van der Waals surface area contributed by atoms with E-state index in [2.05, 4.69) is 11.6 Å². The smallest absolute Gasteiger partial charge is 0.334 e. The second kappa shape index (κ2) is 9.00. The van der Waals surface area contributed by atoms with Crippen LogP contribution in [0, 0.1) is 0 Å². The molecule has 3 heterocycles. The lowest BCUT2D eigenvalue weighted by molar-refractivity contribution is -0.125. The molecule has 1 fully saturated rings. The lowest BCUT2D eigenvalue weighted by Gasteiger charge is -2.15. The van der Waals surface area contributed by atoms with Gasteiger partial charge in [0.25, 0.3) is 0 Å². The molecule has 0 aliphatic carbocycles. The zero-order valence-electron chi connectivity index (χ0n) is 18.0. The van der Waals surface area contributed by atoms with Gasteiger partial charge in [-0.3, -0.25) is 18.9 Å². The van der Waals surface area contributed by atoms with Crippen molar-refractivity contribution in [3.8, 4) is 17.2 Å². The Bertz CT molecular complexity index is 1480. The zero-order valence-corrected chi connectivity index (χ0v) is 19.5. The molecule has 0 radical (unpaired) electrons. The molecule has 1 amide bonds. The van der Waals surface area contributed by atoms with Crippen molar-refractivity contribution in [1.82, 2.24) is 19.0 Å². The molecule has 1 unspecified atom stereocenters. The first-order valence-corrected chi connectivity index (χ1v) is 11.4. The molecule has 1 aliphatic heterocycles. The van der Waals surface area contributed by atoms with Gasteiger partial charge in [-0.2, -0.15) is 0 Å². The molecule has 9 heteroatoms. The monoisotopic (exact) mass is 494 g/mol. The van der Waals surface area contributed by atoms with Crippen molar-refractivity contribution in [1.29, 1.82) is 0 Å². The first-order valence-electron chi connectivity index (χ1n) is 10.7. The largest absolute Gasteiger partial charge is 0.456 e. The van der Waals surface area contributed by atoms with Crippen molar-refractivity contribution < 1.29 is 9.53 Å². The van der Waals surface area contributed by atoms with Crippen LogP contribution >= 0.6 is 23.2 Å². The Hall–Kier alpha value is -3.55. The van der Waals surface area contributed by atoms with Crippen LogP contribution in [-0.4, -0.2) is 38.0 Å². The molecule has 1 saturated heterocycles. The van der Waals surface area contributed by atoms with Gasteiger partial charge >= 0.3 is 5.69 Å². The van der Waals surface area contributed by atoms with Crippen LogP contribution in [0.3, 0.4) is 0 Å². The summed E-state index contributed by atoms with van der Waals surface area (Å²) in [4.78, 5) is 31.6. The minimum Gasteiger partial charge on any atom is -0.456 e. The van der Waals surface area contributed by atoms with Crippen LogP contribution in [0.25, 0.3) is 16.7 Å². The summed E-state index contributed by atoms with van der Waals surface area (Å²) in [7, 11) is 0. The third-order valence-corrected chi connectivity index (χ3v) is 6.42. The number of benzene rings is 2. The van der Waals surface area contributed by atoms with Gasteiger partial charge in [-0.05, 0) is 55.0 Å². The highest BCUT2D eigenvalue weighted by atomic mass is 35.5. The Morgan fingerprint density at radius 3 is 2.76 bits per heavy atom. The summed E-state index contributed by atoms with van der Waals surface area (Å²) in [6, 6.07) is 13.8. The van der Waals surface area contributed by atoms with Gasteiger partial charge in [0.05, 0.1) is 34.0 Å². The van der Waals surface area contributed by atoms with E-state index in [1.54, 1.807) is 68.9 Å². The van der Waals surface area contributed by atoms with Crippen LogP contribution in [0.4, 0.5) is 0 Å². The molecule has 2 aromatic heterocycles. The van der Waals surface area contributed by atoms with Crippen LogP contribution in [0.5, 0.6) is 11.5 Å². The first-order chi connectivity index (χ1) is 16.5. The lowest BCUT2D eigenvalue weighted by Crippen LogP contribution is -2.31. The predicted octanol–water partition coefficient (Wildman–Crippen LogP) is 5.25. The first kappa shape index (κ1) is 22.3. The van der Waals surface area contributed by atoms with Crippen molar-refractivity contribution in [2.75, 3.05) is 13.1 Å². The zero-order chi connectivity index (χ0) is 23.8. The number of amides is 1. The Labute approximate surface area is 205 Å². The maximum absolute atomic E-state index is 13.6. The number of fused-ring (bicyclic) bond motifs is 1. The minimum atomic E-state index is -0.222. The van der Waals surface area contributed by atoms with Crippen LogP contribution in [0.15, 0.2) is 78.4 Å². The second-order valence-corrected chi connectivity index (χ2v) is 8.80. The Balaban J connectivity index is 1.54. The molecule has 1 aliphatic rings. The number of hydrogen-bond donors (Lipinski definition) is 0. The number of aromatic nitrogens is 3. The van der Waals surface area contributed by atoms with E-state index in [0.29, 0.717) is 52.3 Å². The van der Waals surface area contributed by atoms with Crippen molar-refractivity contribution in [3.63, 3.8) is 0 Å². The van der Waals surface area contributed by atoms with Crippen LogP contribution in [-0.2, 0) is 4.79 Å². The average Bonchev–Trinajstić information content (AvgIpc) is 3.42.